The van der Waals surface area contributed by atoms with Crippen LogP contribution in [0.1, 0.15) is 44.5 Å². The number of sulfonamides is 1. The molecule has 216 valence electrons. The fourth-order valence-corrected chi connectivity index (χ4v) is 6.60. The van der Waals surface area contributed by atoms with Crippen LogP contribution in [0.3, 0.4) is 0 Å². The van der Waals surface area contributed by atoms with Crippen LogP contribution >= 0.6 is 11.6 Å². The third-order valence-electron chi connectivity index (χ3n) is 6.91. The number of nitrogens with two attached hydrogens (primary N) is 1. The summed E-state index contributed by atoms with van der Waals surface area (Å²) in [6, 6.07) is 9.62. The summed E-state index contributed by atoms with van der Waals surface area (Å²) >= 11 is 6.40. The highest BCUT2D eigenvalue weighted by molar-refractivity contribution is 7.90. The average Bonchev–Trinajstić information content (AvgIpc) is 3.49. The van der Waals surface area contributed by atoms with Gasteiger partial charge < -0.3 is 16.4 Å². The first-order chi connectivity index (χ1) is 20.1. The number of fused-ring (bicyclic) bond motifs is 1. The molecule has 1 saturated carbocycles. The van der Waals surface area contributed by atoms with Crippen molar-refractivity contribution in [3.8, 4) is 5.69 Å². The molecule has 2 aromatic carbocycles. The Morgan fingerprint density at radius 1 is 1.19 bits per heavy atom. The van der Waals surface area contributed by atoms with Crippen molar-refractivity contribution < 1.29 is 13.2 Å². The Kier molecular flexibility index (Phi) is 7.97. The number of rotatable bonds is 7. The van der Waals surface area contributed by atoms with Gasteiger partial charge in [0, 0.05) is 5.69 Å². The number of nitrogen functional groups attached to an aromatic ring is 1. The van der Waals surface area contributed by atoms with Crippen LogP contribution in [0.4, 0.5) is 27.8 Å². The van der Waals surface area contributed by atoms with Crippen LogP contribution in [0.15, 0.2) is 53.6 Å². The first-order valence-electron chi connectivity index (χ1n) is 13.0. The summed E-state index contributed by atoms with van der Waals surface area (Å²) < 4.78 is 28.6. The second-order valence-corrected chi connectivity index (χ2v) is 12.1. The molecule has 42 heavy (non-hydrogen) atoms. The number of amides is 2. The maximum atomic E-state index is 13.9. The zero-order chi connectivity index (χ0) is 30.0. The first kappa shape index (κ1) is 28.8. The summed E-state index contributed by atoms with van der Waals surface area (Å²) in [7, 11) is -3.82. The zero-order valence-electron chi connectivity index (χ0n) is 22.3. The van der Waals surface area contributed by atoms with Gasteiger partial charge in [0.2, 0.25) is 10.0 Å². The quantitative estimate of drug-likeness (QED) is 0.220. The number of carbonyl (C=O) groups is 1. The predicted octanol–water partition coefficient (Wildman–Crippen LogP) is 4.53. The lowest BCUT2D eigenvalue weighted by atomic mass is 10.2. The predicted molar refractivity (Wildman–Crippen MR) is 160 cm³/mol. The topological polar surface area (TPSA) is 178 Å². The molecule has 4 aromatic rings. The van der Waals surface area contributed by atoms with Crippen LogP contribution in [-0.2, 0) is 10.0 Å². The Bertz CT molecular complexity index is 1900. The van der Waals surface area contributed by atoms with Crippen molar-refractivity contribution in [2.24, 2.45) is 0 Å². The smallest absolute Gasteiger partial charge is 0.332 e. The van der Waals surface area contributed by atoms with Gasteiger partial charge in [-0.1, -0.05) is 36.6 Å². The summed E-state index contributed by atoms with van der Waals surface area (Å²) in [6.07, 6.45) is 3.83. The standard InChI is InChI=1S/C27H26ClN9O4S/c1-15(33-24-22(30-2)23(29)31-14-32-24)25-35-20-12-6-11-19(28)21(20)26(38)37(25)17-8-5-7-16(13-17)34-27(39)36-42(40,41)18-9-3-4-10-18/h5-8,11-15,18H,3-4,9-10H2,1H3,(H2,34,36,39)(H3,29,31,32,33)/t15-/m0/s1. The van der Waals surface area contributed by atoms with Crippen molar-refractivity contribution in [2.45, 2.75) is 43.9 Å². The van der Waals surface area contributed by atoms with Crippen molar-refractivity contribution >= 4 is 61.6 Å². The Labute approximate surface area is 246 Å². The number of hydrogen-bond donors (Lipinski definition) is 4. The van der Waals surface area contributed by atoms with E-state index in [1.54, 1.807) is 43.3 Å². The molecule has 1 fully saturated rings. The van der Waals surface area contributed by atoms with Crippen molar-refractivity contribution in [1.29, 1.82) is 0 Å². The van der Waals surface area contributed by atoms with Gasteiger partial charge >= 0.3 is 6.03 Å². The van der Waals surface area contributed by atoms with Crippen LogP contribution in [-0.4, -0.2) is 39.2 Å². The zero-order valence-corrected chi connectivity index (χ0v) is 23.9. The van der Waals surface area contributed by atoms with Gasteiger partial charge in [0.05, 0.1) is 39.5 Å². The molecule has 1 aliphatic carbocycles. The maximum absolute atomic E-state index is 13.9. The molecule has 0 bridgehead atoms. The summed E-state index contributed by atoms with van der Waals surface area (Å²) in [5.74, 6) is 0.401. The summed E-state index contributed by atoms with van der Waals surface area (Å²) in [5, 5.41) is 5.41. The summed E-state index contributed by atoms with van der Waals surface area (Å²) in [6.45, 7) is 9.19. The number of halogens is 1. The second-order valence-electron chi connectivity index (χ2n) is 9.74. The van der Waals surface area contributed by atoms with Crippen molar-refractivity contribution in [2.75, 3.05) is 16.4 Å². The fraction of sp³-hybridized carbons (Fsp3) is 0.259. The molecule has 0 radical (unpaired) electrons. The molecule has 0 aliphatic heterocycles. The van der Waals surface area contributed by atoms with Crippen molar-refractivity contribution in [3.63, 3.8) is 0 Å². The monoisotopic (exact) mass is 607 g/mol. The molecule has 0 saturated heterocycles. The molecule has 1 aliphatic rings. The van der Waals surface area contributed by atoms with Gasteiger partial charge in [-0.15, -0.1) is 0 Å². The SMILES string of the molecule is [C-]#[N+]c1c(N)ncnc1N[C@@H](C)c1nc2cccc(Cl)c2c(=O)n1-c1cccc(NC(=O)NS(=O)(=O)C2CCCC2)c1. The highest BCUT2D eigenvalue weighted by atomic mass is 35.5. The number of carbonyl (C=O) groups excluding carboxylic acids is 1. The normalized spacial score (nSPS) is 14.3. The van der Waals surface area contributed by atoms with Crippen molar-refractivity contribution in [3.05, 3.63) is 81.4 Å². The summed E-state index contributed by atoms with van der Waals surface area (Å²) in [5.41, 5.74) is 6.30. The van der Waals surface area contributed by atoms with Crippen LogP contribution in [0.2, 0.25) is 5.02 Å². The number of hydrogen-bond acceptors (Lipinski definition) is 9. The number of urea groups is 1. The minimum Gasteiger partial charge on any atom is -0.392 e. The molecule has 5 N–H and O–H groups in total. The minimum absolute atomic E-state index is 0.00246. The molecule has 0 spiro atoms. The van der Waals surface area contributed by atoms with E-state index in [4.69, 9.17) is 28.9 Å². The van der Waals surface area contributed by atoms with Gasteiger partial charge in [-0.25, -0.2) is 37.7 Å². The van der Waals surface area contributed by atoms with Gasteiger partial charge in [-0.05, 0) is 50.1 Å². The molecule has 0 unspecified atom stereocenters. The molecule has 1 atom stereocenters. The van der Waals surface area contributed by atoms with E-state index in [0.717, 1.165) is 12.8 Å². The maximum Gasteiger partial charge on any atom is 0.332 e. The van der Waals surface area contributed by atoms with Gasteiger partial charge in [0.15, 0.2) is 0 Å². The minimum atomic E-state index is -3.82. The Morgan fingerprint density at radius 3 is 2.67 bits per heavy atom. The number of aromatic nitrogens is 4. The summed E-state index contributed by atoms with van der Waals surface area (Å²) in [4.78, 5) is 42.6. The van der Waals surface area contributed by atoms with Crippen LogP contribution in [0.25, 0.3) is 21.4 Å². The van der Waals surface area contributed by atoms with E-state index in [1.807, 2.05) is 0 Å². The highest BCUT2D eigenvalue weighted by Gasteiger charge is 2.30. The highest BCUT2D eigenvalue weighted by Crippen LogP contribution is 2.31. The number of nitrogens with zero attached hydrogens (tertiary/aromatic N) is 5. The lowest BCUT2D eigenvalue weighted by Gasteiger charge is -2.21. The Balaban J connectivity index is 1.54. The van der Waals surface area contributed by atoms with Crippen molar-refractivity contribution in [1.82, 2.24) is 24.2 Å². The largest absolute Gasteiger partial charge is 0.392 e. The third kappa shape index (κ3) is 5.69. The van der Waals surface area contributed by atoms with E-state index in [9.17, 15) is 18.0 Å². The molecule has 13 nitrogen and oxygen atoms in total. The third-order valence-corrected chi connectivity index (χ3v) is 9.05. The van der Waals surface area contributed by atoms with E-state index < -0.39 is 32.9 Å². The van der Waals surface area contributed by atoms with Crippen LogP contribution in [0.5, 0.6) is 0 Å². The van der Waals surface area contributed by atoms with E-state index in [-0.39, 0.29) is 39.2 Å². The molecule has 2 heterocycles. The van der Waals surface area contributed by atoms with Gasteiger partial charge in [-0.3, -0.25) is 9.36 Å². The number of anilines is 3. The Hall–Kier alpha value is -4.74. The van der Waals surface area contributed by atoms with E-state index in [2.05, 4.69) is 30.2 Å². The van der Waals surface area contributed by atoms with Gasteiger partial charge in [0.25, 0.3) is 11.2 Å². The molecular formula is C27H26ClN9O4S. The molecular weight excluding hydrogens is 582 g/mol. The molecule has 2 amide bonds. The van der Waals surface area contributed by atoms with Crippen LogP contribution < -0.4 is 26.6 Å². The van der Waals surface area contributed by atoms with Gasteiger partial charge in [-0.2, -0.15) is 0 Å². The lowest BCUT2D eigenvalue weighted by Crippen LogP contribution is -2.39. The Morgan fingerprint density at radius 2 is 1.93 bits per heavy atom. The number of benzene rings is 2. The fourth-order valence-electron chi connectivity index (χ4n) is 4.92. The molecule has 15 heteroatoms. The lowest BCUT2D eigenvalue weighted by molar-refractivity contribution is 0.256. The van der Waals surface area contributed by atoms with E-state index in [1.165, 1.54) is 17.0 Å². The van der Waals surface area contributed by atoms with Crippen LogP contribution in [0, 0.1) is 6.57 Å². The second kappa shape index (κ2) is 11.6. The molecule has 2 aromatic heterocycles. The number of nitrogens with one attached hydrogen (secondary N) is 3. The van der Waals surface area contributed by atoms with E-state index >= 15 is 0 Å². The van der Waals surface area contributed by atoms with E-state index in [0.29, 0.717) is 24.0 Å². The van der Waals surface area contributed by atoms with Gasteiger partial charge in [0.1, 0.15) is 23.8 Å². The first-order valence-corrected chi connectivity index (χ1v) is 14.9. The molecule has 5 rings (SSSR count). The average molecular weight is 608 g/mol.